The monoisotopic (exact) mass is 336 g/mol. The number of rotatable bonds is 7. The van der Waals surface area contributed by atoms with Crippen LogP contribution in [-0.4, -0.2) is 52.6 Å². The van der Waals surface area contributed by atoms with Gasteiger partial charge in [-0.2, -0.15) is 0 Å². The van der Waals surface area contributed by atoms with Gasteiger partial charge in [0.15, 0.2) is 0 Å². The van der Waals surface area contributed by atoms with Crippen molar-refractivity contribution < 1.29 is 21.9 Å². The van der Waals surface area contributed by atoms with E-state index in [1.165, 1.54) is 39.2 Å². The Bertz CT molecular complexity index is 681. The summed E-state index contributed by atoms with van der Waals surface area (Å²) < 4.78 is 50.5. The summed E-state index contributed by atoms with van der Waals surface area (Å²) in [5.41, 5.74) is 0.471. The predicted molar refractivity (Wildman–Crippen MR) is 79.7 cm³/mol. The van der Waals surface area contributed by atoms with E-state index in [1.54, 1.807) is 6.07 Å². The normalized spacial score (nSPS) is 14.3. The minimum absolute atomic E-state index is 0.0110. The van der Waals surface area contributed by atoms with E-state index in [2.05, 4.69) is 4.72 Å². The molecule has 7 nitrogen and oxygen atoms in total. The van der Waals surface area contributed by atoms with Gasteiger partial charge in [-0.3, -0.25) is 0 Å². The Labute approximate surface area is 125 Å². The minimum Gasteiger partial charge on any atom is -0.389 e. The van der Waals surface area contributed by atoms with E-state index in [-0.39, 0.29) is 17.2 Å². The van der Waals surface area contributed by atoms with E-state index in [9.17, 15) is 21.9 Å². The molecule has 0 saturated heterocycles. The molecule has 1 rings (SSSR count). The summed E-state index contributed by atoms with van der Waals surface area (Å²) >= 11 is 0. The van der Waals surface area contributed by atoms with Gasteiger partial charge in [0, 0.05) is 20.6 Å². The van der Waals surface area contributed by atoms with Crippen molar-refractivity contribution in [3.05, 3.63) is 29.8 Å². The van der Waals surface area contributed by atoms with Crippen LogP contribution >= 0.6 is 0 Å². The van der Waals surface area contributed by atoms with E-state index in [4.69, 9.17) is 0 Å². The van der Waals surface area contributed by atoms with E-state index in [1.807, 2.05) is 0 Å². The summed E-state index contributed by atoms with van der Waals surface area (Å²) in [4.78, 5) is -0.0110. The van der Waals surface area contributed by atoms with Gasteiger partial charge in [-0.15, -0.1) is 0 Å². The SMILES string of the molecule is CC(O)c1cccc(S(=O)(=O)NCCS(=O)(=O)N(C)C)c1. The molecule has 0 heterocycles. The molecular weight excluding hydrogens is 316 g/mol. The van der Waals surface area contributed by atoms with Gasteiger partial charge in [-0.05, 0) is 24.6 Å². The maximum atomic E-state index is 12.1. The third-order valence-corrected chi connectivity index (χ3v) is 6.15. The van der Waals surface area contributed by atoms with E-state index >= 15 is 0 Å². The molecule has 0 bridgehead atoms. The molecule has 0 aliphatic rings. The fraction of sp³-hybridized carbons (Fsp3) is 0.500. The quantitative estimate of drug-likeness (QED) is 0.724. The Morgan fingerprint density at radius 1 is 1.24 bits per heavy atom. The highest BCUT2D eigenvalue weighted by Crippen LogP contribution is 2.16. The molecule has 0 radical (unpaired) electrons. The number of hydrogen-bond donors (Lipinski definition) is 2. The minimum atomic E-state index is -3.81. The van der Waals surface area contributed by atoms with Gasteiger partial charge in [0.2, 0.25) is 20.0 Å². The molecule has 120 valence electrons. The first-order valence-electron chi connectivity index (χ1n) is 6.24. The average molecular weight is 336 g/mol. The summed E-state index contributed by atoms with van der Waals surface area (Å²) in [6.07, 6.45) is -0.783. The Hall–Kier alpha value is -1.00. The maximum absolute atomic E-state index is 12.1. The van der Waals surface area contributed by atoms with Gasteiger partial charge >= 0.3 is 0 Å². The van der Waals surface area contributed by atoms with Crippen molar-refractivity contribution in [2.24, 2.45) is 0 Å². The van der Waals surface area contributed by atoms with Crippen LogP contribution in [-0.2, 0) is 20.0 Å². The zero-order chi connectivity index (χ0) is 16.3. The molecule has 0 fully saturated rings. The number of nitrogens with one attached hydrogen (secondary N) is 1. The van der Waals surface area contributed by atoms with Crippen LogP contribution in [0.1, 0.15) is 18.6 Å². The fourth-order valence-corrected chi connectivity index (χ4v) is 3.45. The van der Waals surface area contributed by atoms with Crippen LogP contribution in [0.4, 0.5) is 0 Å². The molecule has 9 heteroatoms. The average Bonchev–Trinajstić information content (AvgIpc) is 2.38. The summed E-state index contributed by atoms with van der Waals surface area (Å²) in [5, 5.41) is 9.46. The van der Waals surface area contributed by atoms with Crippen LogP contribution in [0.3, 0.4) is 0 Å². The van der Waals surface area contributed by atoms with Crippen molar-refractivity contribution in [1.29, 1.82) is 0 Å². The highest BCUT2D eigenvalue weighted by molar-refractivity contribution is 7.90. The number of aliphatic hydroxyl groups is 1. The topological polar surface area (TPSA) is 104 Å². The van der Waals surface area contributed by atoms with Crippen molar-refractivity contribution >= 4 is 20.0 Å². The number of benzene rings is 1. The first-order valence-corrected chi connectivity index (χ1v) is 9.33. The lowest BCUT2D eigenvalue weighted by atomic mass is 10.1. The van der Waals surface area contributed by atoms with Crippen LogP contribution in [0.25, 0.3) is 0 Å². The van der Waals surface area contributed by atoms with Gasteiger partial charge in [-0.1, -0.05) is 12.1 Å². The first-order chi connectivity index (χ1) is 9.56. The molecular formula is C12H20N2O5S2. The van der Waals surface area contributed by atoms with Crippen LogP contribution in [0, 0.1) is 0 Å². The summed E-state index contributed by atoms with van der Waals surface area (Å²) in [6.45, 7) is 1.31. The van der Waals surface area contributed by atoms with Gasteiger partial charge in [0.25, 0.3) is 0 Å². The fourth-order valence-electron chi connectivity index (χ4n) is 1.51. The van der Waals surface area contributed by atoms with Crippen molar-refractivity contribution in [3.63, 3.8) is 0 Å². The van der Waals surface area contributed by atoms with E-state index < -0.39 is 26.2 Å². The van der Waals surface area contributed by atoms with Crippen LogP contribution < -0.4 is 4.72 Å². The molecule has 0 aliphatic heterocycles. The second-order valence-corrected chi connectivity index (χ2v) is 8.81. The summed E-state index contributed by atoms with van der Waals surface area (Å²) in [6, 6.07) is 5.87. The largest absolute Gasteiger partial charge is 0.389 e. The maximum Gasteiger partial charge on any atom is 0.240 e. The van der Waals surface area contributed by atoms with Gasteiger partial charge in [-0.25, -0.2) is 25.9 Å². The molecule has 1 unspecified atom stereocenters. The lowest BCUT2D eigenvalue weighted by Crippen LogP contribution is -2.33. The predicted octanol–water partition coefficient (Wildman–Crippen LogP) is -0.0904. The number of hydrogen-bond acceptors (Lipinski definition) is 5. The van der Waals surface area contributed by atoms with Gasteiger partial charge in [0.1, 0.15) is 0 Å². The number of sulfonamides is 2. The van der Waals surface area contributed by atoms with Crippen molar-refractivity contribution in [2.45, 2.75) is 17.9 Å². The first kappa shape index (κ1) is 18.1. The standard InChI is InChI=1S/C12H20N2O5S2/c1-10(15)11-5-4-6-12(9-11)21(18,19)13-7-8-20(16,17)14(2)3/h4-6,9-10,13,15H,7-8H2,1-3H3. The highest BCUT2D eigenvalue weighted by atomic mass is 32.2. The molecule has 0 spiro atoms. The summed E-state index contributed by atoms with van der Waals surface area (Å²) in [5.74, 6) is -0.324. The molecule has 1 aromatic rings. The second-order valence-electron chi connectivity index (χ2n) is 4.74. The second kappa shape index (κ2) is 6.84. The smallest absolute Gasteiger partial charge is 0.240 e. The van der Waals surface area contributed by atoms with Crippen LogP contribution in [0.15, 0.2) is 29.2 Å². The molecule has 1 atom stereocenters. The van der Waals surface area contributed by atoms with Gasteiger partial charge in [0.05, 0.1) is 16.8 Å². The molecule has 21 heavy (non-hydrogen) atoms. The number of aliphatic hydroxyl groups excluding tert-OH is 1. The van der Waals surface area contributed by atoms with E-state index in [0.717, 1.165) is 4.31 Å². The van der Waals surface area contributed by atoms with Crippen molar-refractivity contribution in [2.75, 3.05) is 26.4 Å². The molecule has 0 aromatic heterocycles. The Kier molecular flexibility index (Phi) is 5.88. The third kappa shape index (κ3) is 5.04. The molecule has 0 amide bonds. The van der Waals surface area contributed by atoms with Crippen LogP contribution in [0.5, 0.6) is 0 Å². The number of nitrogens with zero attached hydrogens (tertiary/aromatic N) is 1. The van der Waals surface area contributed by atoms with Crippen molar-refractivity contribution in [1.82, 2.24) is 9.03 Å². The molecule has 0 aliphatic carbocycles. The zero-order valence-corrected chi connectivity index (χ0v) is 13.8. The molecule has 0 saturated carbocycles. The molecule has 1 aromatic carbocycles. The highest BCUT2D eigenvalue weighted by Gasteiger charge is 2.18. The Balaban J connectivity index is 2.81. The Morgan fingerprint density at radius 2 is 1.86 bits per heavy atom. The lowest BCUT2D eigenvalue weighted by molar-refractivity contribution is 0.199. The summed E-state index contributed by atoms with van der Waals surface area (Å²) in [7, 11) is -4.50. The Morgan fingerprint density at radius 3 is 2.38 bits per heavy atom. The van der Waals surface area contributed by atoms with Crippen molar-refractivity contribution in [3.8, 4) is 0 Å². The van der Waals surface area contributed by atoms with E-state index in [0.29, 0.717) is 5.56 Å². The molecule has 2 N–H and O–H groups in total. The zero-order valence-electron chi connectivity index (χ0n) is 12.1. The third-order valence-electron chi connectivity index (χ3n) is 2.86. The van der Waals surface area contributed by atoms with Gasteiger partial charge < -0.3 is 5.11 Å². The van der Waals surface area contributed by atoms with Crippen LogP contribution in [0.2, 0.25) is 0 Å². The lowest BCUT2D eigenvalue weighted by Gasteiger charge is -2.12.